The fourth-order valence-corrected chi connectivity index (χ4v) is 4.12. The average Bonchev–Trinajstić information content (AvgIpc) is 3.23. The van der Waals surface area contributed by atoms with Gasteiger partial charge < -0.3 is 33.2 Å². The lowest BCUT2D eigenvalue weighted by Crippen LogP contribution is -2.49. The number of nitrogens with zero attached hydrogens (tertiary/aromatic N) is 2. The van der Waals surface area contributed by atoms with Crippen LogP contribution in [0.1, 0.15) is 68.5 Å². The lowest BCUT2D eigenvalue weighted by Gasteiger charge is -2.31. The minimum absolute atomic E-state index is 0.148. The SMILES string of the molecule is CCOC(C)(C)C(=O)OC[C@H]1O[C@@H](n2ccc(NO)nc2=O)[C@H](OC(=O)C(C)(C)OCC)[C@@H]1OC(=O)C(C)(C)OCC. The zero-order valence-corrected chi connectivity index (χ0v) is 25.6. The first kappa shape index (κ1) is 35.1. The van der Waals surface area contributed by atoms with Crippen LogP contribution in [0.2, 0.25) is 0 Å². The van der Waals surface area contributed by atoms with Crippen LogP contribution in [-0.4, -0.2) is 94.2 Å². The summed E-state index contributed by atoms with van der Waals surface area (Å²) in [5.41, 5.74) is -3.24. The second kappa shape index (κ2) is 14.4. The first-order valence-electron chi connectivity index (χ1n) is 13.7. The Hall–Kier alpha value is -3.11. The molecular formula is C27H43N3O12. The highest BCUT2D eigenvalue weighted by Crippen LogP contribution is 2.36. The summed E-state index contributed by atoms with van der Waals surface area (Å²) in [6.07, 6.45) is -4.18. The Balaban J connectivity index is 2.57. The fraction of sp³-hybridized carbons (Fsp3) is 0.741. The molecule has 1 aromatic heterocycles. The van der Waals surface area contributed by atoms with E-state index < -0.39 is 71.5 Å². The van der Waals surface area contributed by atoms with Gasteiger partial charge in [-0.2, -0.15) is 4.98 Å². The number of anilines is 1. The molecule has 2 rings (SSSR count). The van der Waals surface area contributed by atoms with Gasteiger partial charge in [-0.3, -0.25) is 15.3 Å². The second-order valence-corrected chi connectivity index (χ2v) is 10.8. The number of hydrogen-bond acceptors (Lipinski definition) is 14. The van der Waals surface area contributed by atoms with Gasteiger partial charge in [0.05, 0.1) is 0 Å². The topological polar surface area (TPSA) is 183 Å². The molecule has 238 valence electrons. The highest BCUT2D eigenvalue weighted by atomic mass is 16.7. The second-order valence-electron chi connectivity index (χ2n) is 10.8. The molecule has 0 spiro atoms. The van der Waals surface area contributed by atoms with Gasteiger partial charge in [0.1, 0.15) is 12.7 Å². The zero-order valence-electron chi connectivity index (χ0n) is 25.6. The number of carbonyl (C=O) groups is 3. The van der Waals surface area contributed by atoms with Crippen molar-refractivity contribution < 1.29 is 52.7 Å². The van der Waals surface area contributed by atoms with Gasteiger partial charge in [0, 0.05) is 26.0 Å². The summed E-state index contributed by atoms with van der Waals surface area (Å²) in [7, 11) is 0. The van der Waals surface area contributed by atoms with Crippen molar-refractivity contribution in [3.8, 4) is 0 Å². The molecule has 15 nitrogen and oxygen atoms in total. The van der Waals surface area contributed by atoms with E-state index in [1.54, 1.807) is 26.3 Å². The summed E-state index contributed by atoms with van der Waals surface area (Å²) < 4.78 is 40.7. The van der Waals surface area contributed by atoms with E-state index in [1.807, 2.05) is 0 Å². The van der Waals surface area contributed by atoms with Crippen molar-refractivity contribution in [2.24, 2.45) is 0 Å². The van der Waals surface area contributed by atoms with E-state index in [0.29, 0.717) is 0 Å². The van der Waals surface area contributed by atoms with Crippen LogP contribution in [0, 0.1) is 0 Å². The third-order valence-corrected chi connectivity index (χ3v) is 6.36. The molecule has 4 atom stereocenters. The Morgan fingerprint density at radius 1 is 0.881 bits per heavy atom. The lowest BCUT2D eigenvalue weighted by atomic mass is 10.1. The van der Waals surface area contributed by atoms with Crippen LogP contribution in [-0.2, 0) is 47.5 Å². The molecule has 15 heteroatoms. The number of ether oxygens (including phenoxy) is 7. The Kier molecular flexibility index (Phi) is 12.0. The maximum absolute atomic E-state index is 13.3. The Morgan fingerprint density at radius 2 is 1.36 bits per heavy atom. The van der Waals surface area contributed by atoms with Gasteiger partial charge in [-0.25, -0.2) is 19.2 Å². The zero-order chi connectivity index (χ0) is 31.9. The van der Waals surface area contributed by atoms with E-state index in [0.717, 1.165) is 4.57 Å². The molecule has 0 radical (unpaired) electrons. The first-order valence-corrected chi connectivity index (χ1v) is 13.7. The molecular weight excluding hydrogens is 558 g/mol. The molecule has 1 aromatic rings. The summed E-state index contributed by atoms with van der Waals surface area (Å²) in [5.74, 6) is -2.53. The van der Waals surface area contributed by atoms with E-state index in [9.17, 15) is 19.2 Å². The monoisotopic (exact) mass is 601 g/mol. The highest BCUT2D eigenvalue weighted by molar-refractivity contribution is 5.80. The molecule has 0 bridgehead atoms. The minimum Gasteiger partial charge on any atom is -0.461 e. The van der Waals surface area contributed by atoms with Crippen LogP contribution in [0.5, 0.6) is 0 Å². The Bertz CT molecular complexity index is 1150. The smallest absolute Gasteiger partial charge is 0.351 e. The molecule has 2 N–H and O–H groups in total. The summed E-state index contributed by atoms with van der Waals surface area (Å²) in [6.45, 7) is 14.4. The van der Waals surface area contributed by atoms with Crippen molar-refractivity contribution in [1.82, 2.24) is 9.55 Å². The van der Waals surface area contributed by atoms with Crippen molar-refractivity contribution in [1.29, 1.82) is 0 Å². The predicted molar refractivity (Wildman–Crippen MR) is 146 cm³/mol. The van der Waals surface area contributed by atoms with Crippen molar-refractivity contribution in [3.63, 3.8) is 0 Å². The van der Waals surface area contributed by atoms with Crippen LogP contribution in [0.25, 0.3) is 0 Å². The Morgan fingerprint density at radius 3 is 1.81 bits per heavy atom. The quantitative estimate of drug-likeness (QED) is 0.168. The molecule has 0 aliphatic carbocycles. The van der Waals surface area contributed by atoms with Crippen molar-refractivity contribution in [2.75, 3.05) is 31.9 Å². The van der Waals surface area contributed by atoms with Gasteiger partial charge >= 0.3 is 23.6 Å². The maximum Gasteiger partial charge on any atom is 0.351 e. The van der Waals surface area contributed by atoms with E-state index in [2.05, 4.69) is 4.98 Å². The fourth-order valence-electron chi connectivity index (χ4n) is 4.12. The summed E-state index contributed by atoms with van der Waals surface area (Å²) >= 11 is 0. The first-order chi connectivity index (χ1) is 19.5. The number of hydrogen-bond donors (Lipinski definition) is 2. The lowest BCUT2D eigenvalue weighted by molar-refractivity contribution is -0.193. The number of aromatic nitrogens is 2. The van der Waals surface area contributed by atoms with Gasteiger partial charge in [0.15, 0.2) is 41.1 Å². The molecule has 42 heavy (non-hydrogen) atoms. The van der Waals surface area contributed by atoms with Gasteiger partial charge in [-0.15, -0.1) is 0 Å². The van der Waals surface area contributed by atoms with Crippen LogP contribution >= 0.6 is 0 Å². The van der Waals surface area contributed by atoms with Gasteiger partial charge in [0.2, 0.25) is 0 Å². The van der Waals surface area contributed by atoms with E-state index in [4.69, 9.17) is 38.4 Å². The van der Waals surface area contributed by atoms with Crippen molar-refractivity contribution in [2.45, 2.75) is 104 Å². The van der Waals surface area contributed by atoms with Crippen LogP contribution < -0.4 is 11.2 Å². The Labute approximate surface area is 244 Å². The molecule has 1 aliphatic heterocycles. The summed E-state index contributed by atoms with van der Waals surface area (Å²) in [4.78, 5) is 55.9. The number of carbonyl (C=O) groups excluding carboxylic acids is 3. The third-order valence-electron chi connectivity index (χ3n) is 6.36. The molecule has 0 amide bonds. The number of nitrogens with one attached hydrogen (secondary N) is 1. The average molecular weight is 602 g/mol. The normalized spacial score (nSPS) is 21.1. The van der Waals surface area contributed by atoms with Gasteiger partial charge in [-0.1, -0.05) is 0 Å². The summed E-state index contributed by atoms with van der Waals surface area (Å²) in [5, 5.41) is 9.16. The van der Waals surface area contributed by atoms with Gasteiger partial charge in [-0.05, 0) is 68.4 Å². The molecule has 0 aromatic carbocycles. The largest absolute Gasteiger partial charge is 0.461 e. The standard InChI is InChI=1S/C27H43N3O12/c1-10-37-25(4,5)21(31)36-15-16-18(41-22(32)26(6,7)38-11-2)19(42-23(33)27(8,9)39-12-3)20(40-16)30-14-13-17(29-35)28-24(30)34/h13-14,16,18-20,35H,10-12,15H2,1-9H3,(H,28,29,34)/t16-,18-,19-,20-/m1/s1. The molecule has 2 heterocycles. The summed E-state index contributed by atoms with van der Waals surface area (Å²) in [6, 6.07) is 1.27. The van der Waals surface area contributed by atoms with Crippen LogP contribution in [0.3, 0.4) is 0 Å². The third kappa shape index (κ3) is 8.47. The predicted octanol–water partition coefficient (Wildman–Crippen LogP) is 1.75. The number of rotatable bonds is 15. The molecule has 1 fully saturated rings. The molecule has 0 unspecified atom stereocenters. The number of esters is 3. The molecule has 1 aliphatic rings. The minimum atomic E-state index is -1.44. The van der Waals surface area contributed by atoms with E-state index in [1.165, 1.54) is 53.8 Å². The van der Waals surface area contributed by atoms with Crippen molar-refractivity contribution in [3.05, 3.63) is 22.7 Å². The van der Waals surface area contributed by atoms with E-state index >= 15 is 0 Å². The van der Waals surface area contributed by atoms with Gasteiger partial charge in [0.25, 0.3) is 0 Å². The van der Waals surface area contributed by atoms with Crippen LogP contribution in [0.15, 0.2) is 17.1 Å². The van der Waals surface area contributed by atoms with Crippen molar-refractivity contribution >= 4 is 23.7 Å². The maximum atomic E-state index is 13.3. The van der Waals surface area contributed by atoms with Crippen LogP contribution in [0.4, 0.5) is 5.82 Å². The van der Waals surface area contributed by atoms with E-state index in [-0.39, 0.29) is 25.6 Å². The highest BCUT2D eigenvalue weighted by Gasteiger charge is 2.54. The molecule has 0 saturated carbocycles. The molecule has 1 saturated heterocycles.